The van der Waals surface area contributed by atoms with E-state index in [-0.39, 0.29) is 18.1 Å². The van der Waals surface area contributed by atoms with Gasteiger partial charge >= 0.3 is 0 Å². The highest BCUT2D eigenvalue weighted by atomic mass is 32.2. The predicted octanol–water partition coefficient (Wildman–Crippen LogP) is 2.12. The average Bonchev–Trinajstić information content (AvgIpc) is 2.74. The van der Waals surface area contributed by atoms with Gasteiger partial charge in [0.2, 0.25) is 15.9 Å². The van der Waals surface area contributed by atoms with E-state index in [1.54, 1.807) is 26.0 Å². The summed E-state index contributed by atoms with van der Waals surface area (Å²) in [4.78, 5) is 11.8. The fourth-order valence-corrected chi connectivity index (χ4v) is 5.91. The Bertz CT molecular complexity index is 1240. The number of hydrogen-bond donors (Lipinski definition) is 2. The summed E-state index contributed by atoms with van der Waals surface area (Å²) in [6.45, 7) is 5.17. The maximum Gasteiger partial charge on any atom is 0.265 e. The number of nitrogens with one attached hydrogen (secondary N) is 2. The third kappa shape index (κ3) is 9.19. The monoisotopic (exact) mass is 524 g/mol. The number of carbonyl (C=O) groups is 1. The molecule has 35 heavy (non-hydrogen) atoms. The smallest absolute Gasteiger partial charge is 0.265 e. The van der Waals surface area contributed by atoms with Crippen LogP contribution in [0, 0.1) is 20.8 Å². The largest absolute Gasteiger partial charge is 0.375 e. The number of amides is 1. The zero-order chi connectivity index (χ0) is 26.2. The summed E-state index contributed by atoms with van der Waals surface area (Å²) >= 11 is 0. The van der Waals surface area contributed by atoms with Gasteiger partial charge in [0.25, 0.3) is 10.1 Å². The number of carbonyl (C=O) groups excluding carboxylic acids is 1. The Hall–Kier alpha value is -2.57. The molecule has 0 saturated carbocycles. The van der Waals surface area contributed by atoms with Gasteiger partial charge in [-0.15, -0.1) is 0 Å². The van der Waals surface area contributed by atoms with Crippen LogP contribution in [0.4, 0.5) is 0 Å². The summed E-state index contributed by atoms with van der Waals surface area (Å²) in [6.07, 6.45) is 1.77. The fraction of sp³-hybridized carbons (Fsp3) is 0.375. The number of sulfonamides is 1. The Morgan fingerprint density at radius 1 is 1.03 bits per heavy atom. The minimum Gasteiger partial charge on any atom is -0.375 e. The minimum atomic E-state index is -4.12. The van der Waals surface area contributed by atoms with E-state index in [1.165, 1.54) is 13.1 Å². The first-order chi connectivity index (χ1) is 16.3. The Morgan fingerprint density at radius 2 is 1.63 bits per heavy atom. The lowest BCUT2D eigenvalue weighted by Gasteiger charge is -2.26. The first kappa shape index (κ1) is 28.7. The van der Waals surface area contributed by atoms with Crippen LogP contribution in [0.1, 0.15) is 22.3 Å². The van der Waals surface area contributed by atoms with Crippen molar-refractivity contribution >= 4 is 26.0 Å². The molecule has 2 atom stereocenters. The van der Waals surface area contributed by atoms with Crippen LogP contribution in [-0.2, 0) is 40.5 Å². The van der Waals surface area contributed by atoms with Gasteiger partial charge < -0.3 is 10.1 Å². The van der Waals surface area contributed by atoms with Gasteiger partial charge in [-0.25, -0.2) is 13.1 Å². The van der Waals surface area contributed by atoms with E-state index in [0.717, 1.165) is 23.5 Å². The molecule has 0 saturated heterocycles. The van der Waals surface area contributed by atoms with E-state index in [1.807, 2.05) is 37.3 Å². The Morgan fingerprint density at radius 3 is 2.17 bits per heavy atom. The number of aryl methyl sites for hydroxylation is 3. The molecule has 0 aliphatic rings. The molecule has 192 valence electrons. The maximum atomic E-state index is 13.4. The molecule has 0 heterocycles. The van der Waals surface area contributed by atoms with Crippen LogP contribution in [0.2, 0.25) is 0 Å². The number of hydrogen-bond acceptors (Lipinski definition) is 7. The van der Waals surface area contributed by atoms with Gasteiger partial charge in [0.15, 0.2) is 0 Å². The lowest BCUT2D eigenvalue weighted by molar-refractivity contribution is -0.116. The van der Waals surface area contributed by atoms with Crippen molar-refractivity contribution in [1.29, 1.82) is 0 Å². The molecule has 2 aromatic rings. The molecule has 2 aromatic carbocycles. The zero-order valence-corrected chi connectivity index (χ0v) is 22.1. The van der Waals surface area contributed by atoms with Crippen LogP contribution in [0.15, 0.2) is 59.5 Å². The molecule has 0 aliphatic carbocycles. The van der Waals surface area contributed by atoms with Crippen molar-refractivity contribution in [3.63, 3.8) is 0 Å². The minimum absolute atomic E-state index is 0.0875. The summed E-state index contributed by atoms with van der Waals surface area (Å²) in [5.74, 6) is -0.510. The van der Waals surface area contributed by atoms with Gasteiger partial charge in [-0.2, -0.15) is 8.42 Å². The van der Waals surface area contributed by atoms with Crippen molar-refractivity contribution < 1.29 is 30.6 Å². The quantitative estimate of drug-likeness (QED) is 0.322. The van der Waals surface area contributed by atoms with Gasteiger partial charge in [-0.05, 0) is 43.5 Å². The average molecular weight is 525 g/mol. The number of ether oxygens (including phenoxy) is 1. The van der Waals surface area contributed by atoms with E-state index in [9.17, 15) is 21.6 Å². The highest BCUT2D eigenvalue weighted by Crippen LogP contribution is 2.23. The molecule has 0 aliphatic heterocycles. The van der Waals surface area contributed by atoms with Crippen LogP contribution < -0.4 is 10.0 Å². The van der Waals surface area contributed by atoms with E-state index < -0.39 is 38.2 Å². The molecule has 0 aromatic heterocycles. The SMILES string of the molecule is CNC(=O)/C=C/[C@H](OS(C)(=O)=O)[C@H](COCc1ccccc1)NS(=O)(=O)c1c(C)cc(C)cc1C. The summed E-state index contributed by atoms with van der Waals surface area (Å²) in [5, 5.41) is 2.38. The third-order valence-corrected chi connectivity index (χ3v) is 7.32. The van der Waals surface area contributed by atoms with Crippen LogP contribution in [0.25, 0.3) is 0 Å². The molecular weight excluding hydrogens is 492 g/mol. The summed E-state index contributed by atoms with van der Waals surface area (Å²) in [6, 6.07) is 11.5. The topological polar surface area (TPSA) is 128 Å². The highest BCUT2D eigenvalue weighted by Gasteiger charge is 2.31. The molecule has 1 amide bonds. The lowest BCUT2D eigenvalue weighted by atomic mass is 10.1. The Kier molecular flexibility index (Phi) is 10.2. The van der Waals surface area contributed by atoms with Crippen LogP contribution in [-0.4, -0.2) is 54.8 Å². The Balaban J connectivity index is 2.43. The van der Waals surface area contributed by atoms with E-state index in [2.05, 4.69) is 10.0 Å². The third-order valence-electron chi connectivity index (χ3n) is 4.96. The molecule has 2 N–H and O–H groups in total. The molecular formula is C24H32N2O7S2. The lowest BCUT2D eigenvalue weighted by Crippen LogP contribution is -2.47. The zero-order valence-electron chi connectivity index (χ0n) is 20.4. The first-order valence-corrected chi connectivity index (χ1v) is 14.1. The predicted molar refractivity (Wildman–Crippen MR) is 134 cm³/mol. The second-order valence-electron chi connectivity index (χ2n) is 8.19. The summed E-state index contributed by atoms with van der Waals surface area (Å²) < 4.78 is 64.2. The number of rotatable bonds is 12. The van der Waals surface area contributed by atoms with Crippen LogP contribution in [0.5, 0.6) is 0 Å². The highest BCUT2D eigenvalue weighted by molar-refractivity contribution is 7.89. The van der Waals surface area contributed by atoms with Crippen molar-refractivity contribution in [2.24, 2.45) is 0 Å². The van der Waals surface area contributed by atoms with Gasteiger partial charge in [-0.3, -0.25) is 8.98 Å². The standard InChI is InChI=1S/C24H32N2O7S2/c1-17-13-18(2)24(19(3)14-17)35(30,31)26-21(16-32-15-20-9-7-6-8-10-20)22(33-34(5,28)29)11-12-23(27)25-4/h6-14,21-22,26H,15-16H2,1-5H3,(H,25,27)/b12-11+/t21-,22-/m0/s1. The molecule has 0 bridgehead atoms. The van der Waals surface area contributed by atoms with Crippen molar-refractivity contribution in [3.05, 3.63) is 76.9 Å². The van der Waals surface area contributed by atoms with Crippen molar-refractivity contribution in [1.82, 2.24) is 10.0 Å². The molecule has 0 unspecified atom stereocenters. The van der Waals surface area contributed by atoms with Gasteiger partial charge in [-0.1, -0.05) is 48.0 Å². The van der Waals surface area contributed by atoms with E-state index >= 15 is 0 Å². The molecule has 2 rings (SSSR count). The first-order valence-electron chi connectivity index (χ1n) is 10.8. The van der Waals surface area contributed by atoms with Crippen molar-refractivity contribution in [2.45, 2.75) is 44.4 Å². The molecule has 0 radical (unpaired) electrons. The van der Waals surface area contributed by atoms with Gasteiger partial charge in [0, 0.05) is 13.1 Å². The number of benzene rings is 2. The normalized spacial score (nSPS) is 14.1. The number of likely N-dealkylation sites (N-methyl/N-ethyl adjacent to an activating group) is 1. The molecule has 0 spiro atoms. The van der Waals surface area contributed by atoms with Crippen LogP contribution >= 0.6 is 0 Å². The fourth-order valence-electron chi connectivity index (χ4n) is 3.62. The van der Waals surface area contributed by atoms with E-state index in [4.69, 9.17) is 8.92 Å². The second kappa shape index (κ2) is 12.4. The molecule has 0 fully saturated rings. The van der Waals surface area contributed by atoms with Gasteiger partial charge in [0.1, 0.15) is 6.10 Å². The second-order valence-corrected chi connectivity index (χ2v) is 11.4. The maximum absolute atomic E-state index is 13.4. The van der Waals surface area contributed by atoms with E-state index in [0.29, 0.717) is 11.1 Å². The van der Waals surface area contributed by atoms with Crippen LogP contribution in [0.3, 0.4) is 0 Å². The molecule has 9 nitrogen and oxygen atoms in total. The van der Waals surface area contributed by atoms with Gasteiger partial charge in [0.05, 0.1) is 30.4 Å². The molecule has 11 heteroatoms. The Labute approximate surface area is 207 Å². The van der Waals surface area contributed by atoms with Crippen molar-refractivity contribution in [3.8, 4) is 0 Å². The summed E-state index contributed by atoms with van der Waals surface area (Å²) in [7, 11) is -6.72. The summed E-state index contributed by atoms with van der Waals surface area (Å²) in [5.41, 5.74) is 2.84. The van der Waals surface area contributed by atoms with Crippen molar-refractivity contribution in [2.75, 3.05) is 19.9 Å².